The van der Waals surface area contributed by atoms with Crippen molar-refractivity contribution in [1.29, 1.82) is 0 Å². The van der Waals surface area contributed by atoms with Crippen LogP contribution in [0, 0.1) is 13.8 Å². The lowest BCUT2D eigenvalue weighted by Crippen LogP contribution is -2.54. The minimum absolute atomic E-state index is 0.0457. The van der Waals surface area contributed by atoms with E-state index in [4.69, 9.17) is 4.52 Å². The lowest BCUT2D eigenvalue weighted by Gasteiger charge is -2.35. The average Bonchev–Trinajstić information content (AvgIpc) is 3.08. The first-order valence-corrected chi connectivity index (χ1v) is 9.39. The van der Waals surface area contributed by atoms with Crippen LogP contribution in [0.1, 0.15) is 17.9 Å². The second-order valence-electron chi connectivity index (χ2n) is 6.38. The Hall–Kier alpha value is -1.59. The van der Waals surface area contributed by atoms with E-state index in [-0.39, 0.29) is 42.5 Å². The summed E-state index contributed by atoms with van der Waals surface area (Å²) in [6.45, 7) is 3.08. The van der Waals surface area contributed by atoms with Gasteiger partial charge in [-0.05, 0) is 13.8 Å². The van der Waals surface area contributed by atoms with E-state index in [9.17, 15) is 22.0 Å². The fourth-order valence-electron chi connectivity index (χ4n) is 3.23. The van der Waals surface area contributed by atoms with Crippen LogP contribution in [-0.2, 0) is 14.8 Å². The Morgan fingerprint density at radius 3 is 2.40 bits per heavy atom. The van der Waals surface area contributed by atoms with E-state index in [1.807, 2.05) is 0 Å². The summed E-state index contributed by atoms with van der Waals surface area (Å²) < 4.78 is 58.1. The summed E-state index contributed by atoms with van der Waals surface area (Å²) in [5, 5.41) is 6.19. The third-order valence-corrected chi connectivity index (χ3v) is 6.67. The predicted octanol–water partition coefficient (Wildman–Crippen LogP) is 0.122. The highest BCUT2D eigenvalue weighted by atomic mass is 32.2. The maximum atomic E-state index is 13.2. The molecule has 0 saturated carbocycles. The van der Waals surface area contributed by atoms with E-state index in [1.165, 1.54) is 16.1 Å². The summed E-state index contributed by atoms with van der Waals surface area (Å²) in [5.41, 5.74) is 0.286. The molecular formula is C14H20F2N4O4S. The molecule has 1 amide bonds. The van der Waals surface area contributed by atoms with Crippen molar-refractivity contribution in [2.45, 2.75) is 37.1 Å². The van der Waals surface area contributed by atoms with Gasteiger partial charge in [0.1, 0.15) is 10.6 Å². The van der Waals surface area contributed by atoms with Gasteiger partial charge in [-0.3, -0.25) is 10.1 Å². The number of aryl methyl sites for hydroxylation is 2. The molecule has 2 fully saturated rings. The van der Waals surface area contributed by atoms with E-state index in [2.05, 4.69) is 10.5 Å². The Balaban J connectivity index is 1.65. The molecule has 0 bridgehead atoms. The number of halogens is 2. The Bertz CT molecular complexity index is 752. The summed E-state index contributed by atoms with van der Waals surface area (Å²) in [7, 11) is -3.76. The summed E-state index contributed by atoms with van der Waals surface area (Å²) in [4.78, 5) is 13.8. The van der Waals surface area contributed by atoms with Crippen LogP contribution in [0.2, 0.25) is 0 Å². The maximum absolute atomic E-state index is 13.2. The van der Waals surface area contributed by atoms with Crippen LogP contribution in [0.3, 0.4) is 0 Å². The molecule has 1 aromatic heterocycles. The Morgan fingerprint density at radius 1 is 1.28 bits per heavy atom. The molecule has 1 N–H and O–H groups in total. The molecule has 140 valence electrons. The molecule has 1 atom stereocenters. The number of rotatable bonds is 3. The zero-order valence-electron chi connectivity index (χ0n) is 14.0. The number of alkyl halides is 2. The van der Waals surface area contributed by atoms with Crippen LogP contribution in [0.4, 0.5) is 8.78 Å². The summed E-state index contributed by atoms with van der Waals surface area (Å²) in [6.07, 6.45) is -0.524. The summed E-state index contributed by atoms with van der Waals surface area (Å²) >= 11 is 0. The van der Waals surface area contributed by atoms with Gasteiger partial charge in [0.15, 0.2) is 5.76 Å². The number of sulfonamides is 1. The third kappa shape index (κ3) is 3.40. The van der Waals surface area contributed by atoms with E-state index in [0.29, 0.717) is 0 Å². The standard InChI is InChI=1S/C14H20F2N4O4S/c1-9-12(10(2)24-18-9)25(22,23)20-5-3-19(4-6-20)13(21)11-7-14(15,16)8-17-11/h11,17H,3-8H2,1-2H3. The minimum atomic E-state index is -3.76. The molecule has 0 aromatic carbocycles. The molecule has 3 rings (SSSR count). The largest absolute Gasteiger partial charge is 0.360 e. The number of hydrogen-bond acceptors (Lipinski definition) is 6. The van der Waals surface area contributed by atoms with Crippen molar-refractivity contribution < 1.29 is 26.5 Å². The molecule has 0 spiro atoms. The number of carbonyl (C=O) groups excluding carboxylic acids is 1. The highest BCUT2D eigenvalue weighted by molar-refractivity contribution is 7.89. The van der Waals surface area contributed by atoms with Gasteiger partial charge in [-0.1, -0.05) is 5.16 Å². The average molecular weight is 378 g/mol. The Kier molecular flexibility index (Phi) is 4.58. The second-order valence-corrected chi connectivity index (χ2v) is 8.25. The van der Waals surface area contributed by atoms with Crippen molar-refractivity contribution in [3.05, 3.63) is 11.5 Å². The number of piperazine rings is 1. The smallest absolute Gasteiger partial charge is 0.262 e. The second kappa shape index (κ2) is 6.29. The molecule has 2 aliphatic rings. The normalized spacial score (nSPS) is 24.6. The third-order valence-electron chi connectivity index (χ3n) is 4.52. The van der Waals surface area contributed by atoms with Gasteiger partial charge >= 0.3 is 0 Å². The van der Waals surface area contributed by atoms with E-state index in [0.717, 1.165) is 0 Å². The first-order valence-electron chi connectivity index (χ1n) is 7.95. The highest BCUT2D eigenvalue weighted by Crippen LogP contribution is 2.27. The number of aromatic nitrogens is 1. The molecule has 3 heterocycles. The number of nitrogens with one attached hydrogen (secondary N) is 1. The van der Waals surface area contributed by atoms with Crippen LogP contribution in [0.5, 0.6) is 0 Å². The molecule has 11 heteroatoms. The maximum Gasteiger partial charge on any atom is 0.262 e. The molecule has 1 unspecified atom stereocenters. The molecule has 2 saturated heterocycles. The predicted molar refractivity (Wildman–Crippen MR) is 82.7 cm³/mol. The van der Waals surface area contributed by atoms with Gasteiger partial charge in [0.2, 0.25) is 15.9 Å². The van der Waals surface area contributed by atoms with Crippen LogP contribution in [0.25, 0.3) is 0 Å². The first-order chi connectivity index (χ1) is 11.6. The molecule has 25 heavy (non-hydrogen) atoms. The zero-order chi connectivity index (χ0) is 18.4. The van der Waals surface area contributed by atoms with Gasteiger partial charge in [-0.15, -0.1) is 0 Å². The van der Waals surface area contributed by atoms with Crippen molar-refractivity contribution in [3.8, 4) is 0 Å². The molecule has 0 aliphatic carbocycles. The van der Waals surface area contributed by atoms with Crippen LogP contribution in [0.15, 0.2) is 9.42 Å². The van der Waals surface area contributed by atoms with Crippen molar-refractivity contribution >= 4 is 15.9 Å². The van der Waals surface area contributed by atoms with Crippen molar-refractivity contribution in [1.82, 2.24) is 19.7 Å². The highest BCUT2D eigenvalue weighted by Gasteiger charge is 2.44. The Morgan fingerprint density at radius 2 is 1.92 bits per heavy atom. The summed E-state index contributed by atoms with van der Waals surface area (Å²) in [5.74, 6) is -3.07. The molecule has 1 aromatic rings. The van der Waals surface area contributed by atoms with E-state index >= 15 is 0 Å². The van der Waals surface area contributed by atoms with Crippen molar-refractivity contribution in [2.24, 2.45) is 0 Å². The van der Waals surface area contributed by atoms with E-state index < -0.39 is 40.9 Å². The van der Waals surface area contributed by atoms with Crippen molar-refractivity contribution in [2.75, 3.05) is 32.7 Å². The van der Waals surface area contributed by atoms with Crippen LogP contribution >= 0.6 is 0 Å². The van der Waals surface area contributed by atoms with Crippen LogP contribution in [-0.4, -0.2) is 73.4 Å². The van der Waals surface area contributed by atoms with Crippen molar-refractivity contribution in [3.63, 3.8) is 0 Å². The monoisotopic (exact) mass is 378 g/mol. The number of hydrogen-bond donors (Lipinski definition) is 1. The van der Waals surface area contributed by atoms with E-state index in [1.54, 1.807) is 6.92 Å². The lowest BCUT2D eigenvalue weighted by atomic mass is 10.1. The fraction of sp³-hybridized carbons (Fsp3) is 0.714. The molecular weight excluding hydrogens is 358 g/mol. The van der Waals surface area contributed by atoms with Crippen LogP contribution < -0.4 is 5.32 Å². The quantitative estimate of drug-likeness (QED) is 0.803. The molecule has 2 aliphatic heterocycles. The number of carbonyl (C=O) groups is 1. The van der Waals surface area contributed by atoms with Gasteiger partial charge in [0.25, 0.3) is 5.92 Å². The number of amides is 1. The lowest BCUT2D eigenvalue weighted by molar-refractivity contribution is -0.134. The van der Waals surface area contributed by atoms with Gasteiger partial charge in [0.05, 0.1) is 12.6 Å². The SMILES string of the molecule is Cc1noc(C)c1S(=O)(=O)N1CCN(C(=O)C2CC(F)(F)CN2)CC1. The summed E-state index contributed by atoms with van der Waals surface area (Å²) in [6, 6.07) is -0.916. The van der Waals surface area contributed by atoms with Gasteiger partial charge in [0, 0.05) is 32.6 Å². The molecule has 8 nitrogen and oxygen atoms in total. The number of nitrogens with zero attached hydrogens (tertiary/aromatic N) is 3. The molecule has 0 radical (unpaired) electrons. The fourth-order valence-corrected chi connectivity index (χ4v) is 4.94. The minimum Gasteiger partial charge on any atom is -0.360 e. The zero-order valence-corrected chi connectivity index (χ0v) is 14.8. The topological polar surface area (TPSA) is 95.8 Å². The first kappa shape index (κ1) is 18.2. The van der Waals surface area contributed by atoms with Gasteiger partial charge < -0.3 is 9.42 Å². The van der Waals surface area contributed by atoms with Gasteiger partial charge in [-0.25, -0.2) is 17.2 Å². The van der Waals surface area contributed by atoms with Gasteiger partial charge in [-0.2, -0.15) is 4.31 Å². The Labute approximate surface area is 144 Å².